The van der Waals surface area contributed by atoms with Gasteiger partial charge in [0.15, 0.2) is 0 Å². The summed E-state index contributed by atoms with van der Waals surface area (Å²) >= 11 is 0. The molecule has 0 aromatic heterocycles. The van der Waals surface area contributed by atoms with E-state index in [1.165, 1.54) is 27.9 Å². The molecule has 0 aliphatic heterocycles. The SMILES string of the molecule is C=C/C(C)=C\C1=C(C)C2=CC=CC(/C=C\C)C2/C1=C\C. The molecule has 2 atom stereocenters. The van der Waals surface area contributed by atoms with Crippen LogP contribution in [0.4, 0.5) is 0 Å². The molecule has 0 aromatic rings. The van der Waals surface area contributed by atoms with E-state index in [4.69, 9.17) is 0 Å². The molecule has 0 bridgehead atoms. The van der Waals surface area contributed by atoms with Crippen LogP contribution in [-0.2, 0) is 0 Å². The van der Waals surface area contributed by atoms with E-state index in [1.54, 1.807) is 0 Å². The highest BCUT2D eigenvalue weighted by atomic mass is 14.4. The number of hydrogen-bond donors (Lipinski definition) is 0. The Morgan fingerprint density at radius 1 is 1.30 bits per heavy atom. The fraction of sp³-hybridized carbons (Fsp3) is 0.300. The molecule has 0 nitrogen and oxygen atoms in total. The largest absolute Gasteiger partial charge is 0.0988 e. The van der Waals surface area contributed by atoms with Gasteiger partial charge in [-0.05, 0) is 50.0 Å². The van der Waals surface area contributed by atoms with Gasteiger partial charge in [-0.15, -0.1) is 0 Å². The summed E-state index contributed by atoms with van der Waals surface area (Å²) in [5.74, 6) is 0.946. The molecular weight excluding hydrogens is 240 g/mol. The Bertz CT molecular complexity index is 586. The lowest BCUT2D eigenvalue weighted by atomic mass is 9.79. The lowest BCUT2D eigenvalue weighted by Crippen LogP contribution is -2.14. The molecular formula is C20H24. The zero-order chi connectivity index (χ0) is 14.7. The minimum Gasteiger partial charge on any atom is -0.0988 e. The average molecular weight is 264 g/mol. The van der Waals surface area contributed by atoms with Crippen molar-refractivity contribution in [3.63, 3.8) is 0 Å². The zero-order valence-corrected chi connectivity index (χ0v) is 13.0. The molecule has 2 aliphatic carbocycles. The molecule has 0 saturated heterocycles. The Balaban J connectivity index is 2.54. The lowest BCUT2D eigenvalue weighted by molar-refractivity contribution is 0.626. The van der Waals surface area contributed by atoms with Crippen LogP contribution in [0.2, 0.25) is 0 Å². The highest BCUT2D eigenvalue weighted by molar-refractivity contribution is 5.64. The second-order valence-corrected chi connectivity index (χ2v) is 5.46. The number of allylic oxidation sites excluding steroid dienone is 13. The number of rotatable bonds is 3. The van der Waals surface area contributed by atoms with Crippen LogP contribution in [0, 0.1) is 11.8 Å². The topological polar surface area (TPSA) is 0 Å². The van der Waals surface area contributed by atoms with Crippen LogP contribution in [0.1, 0.15) is 27.7 Å². The van der Waals surface area contributed by atoms with Crippen molar-refractivity contribution in [2.45, 2.75) is 27.7 Å². The Morgan fingerprint density at radius 2 is 2.05 bits per heavy atom. The fourth-order valence-corrected chi connectivity index (χ4v) is 3.19. The average Bonchev–Trinajstić information content (AvgIpc) is 2.73. The van der Waals surface area contributed by atoms with Crippen molar-refractivity contribution in [3.8, 4) is 0 Å². The van der Waals surface area contributed by atoms with Crippen LogP contribution in [0.15, 0.2) is 83.1 Å². The van der Waals surface area contributed by atoms with Crippen molar-refractivity contribution in [2.24, 2.45) is 11.8 Å². The minimum atomic E-state index is 0.469. The van der Waals surface area contributed by atoms with Gasteiger partial charge in [0.2, 0.25) is 0 Å². The quantitative estimate of drug-likeness (QED) is 0.453. The van der Waals surface area contributed by atoms with E-state index in [0.29, 0.717) is 11.8 Å². The van der Waals surface area contributed by atoms with E-state index in [-0.39, 0.29) is 0 Å². The third-order valence-corrected chi connectivity index (χ3v) is 4.23. The lowest BCUT2D eigenvalue weighted by Gasteiger charge is -2.24. The van der Waals surface area contributed by atoms with Crippen LogP contribution >= 0.6 is 0 Å². The molecule has 0 radical (unpaired) electrons. The van der Waals surface area contributed by atoms with Crippen molar-refractivity contribution < 1.29 is 0 Å². The summed E-state index contributed by atoms with van der Waals surface area (Å²) in [6.07, 6.45) is 17.7. The molecule has 0 heteroatoms. The number of fused-ring (bicyclic) bond motifs is 1. The maximum atomic E-state index is 3.87. The van der Waals surface area contributed by atoms with Gasteiger partial charge in [-0.1, -0.05) is 60.8 Å². The monoisotopic (exact) mass is 264 g/mol. The van der Waals surface area contributed by atoms with E-state index in [0.717, 1.165) is 0 Å². The van der Waals surface area contributed by atoms with E-state index < -0.39 is 0 Å². The standard InChI is InChI=1S/C20H24/c1-6-10-16-11-9-12-18-15(5)19(13-14(4)7-2)17(8-3)20(16)18/h6-13,16,20H,2H2,1,3-5H3/b10-6-,14-13-,17-8-. The third-order valence-electron chi connectivity index (χ3n) is 4.23. The van der Waals surface area contributed by atoms with Crippen LogP contribution in [0.5, 0.6) is 0 Å². The zero-order valence-electron chi connectivity index (χ0n) is 13.0. The van der Waals surface area contributed by atoms with Gasteiger partial charge in [-0.3, -0.25) is 0 Å². The highest BCUT2D eigenvalue weighted by Crippen LogP contribution is 2.48. The maximum absolute atomic E-state index is 3.87. The van der Waals surface area contributed by atoms with E-state index in [9.17, 15) is 0 Å². The molecule has 2 rings (SSSR count). The van der Waals surface area contributed by atoms with Gasteiger partial charge in [0.05, 0.1) is 0 Å². The van der Waals surface area contributed by atoms with Gasteiger partial charge < -0.3 is 0 Å². The van der Waals surface area contributed by atoms with Crippen molar-refractivity contribution in [2.75, 3.05) is 0 Å². The van der Waals surface area contributed by atoms with Gasteiger partial charge in [0, 0.05) is 11.8 Å². The molecule has 104 valence electrons. The fourth-order valence-electron chi connectivity index (χ4n) is 3.19. The van der Waals surface area contributed by atoms with Crippen molar-refractivity contribution >= 4 is 0 Å². The molecule has 0 amide bonds. The predicted octanol–water partition coefficient (Wildman–Crippen LogP) is 5.70. The third kappa shape index (κ3) is 2.43. The molecule has 0 aromatic carbocycles. The molecule has 0 N–H and O–H groups in total. The second-order valence-electron chi connectivity index (χ2n) is 5.46. The number of hydrogen-bond acceptors (Lipinski definition) is 0. The normalized spacial score (nSPS) is 28.3. The summed E-state index contributed by atoms with van der Waals surface area (Å²) < 4.78 is 0. The summed E-state index contributed by atoms with van der Waals surface area (Å²) in [4.78, 5) is 0. The van der Waals surface area contributed by atoms with Gasteiger partial charge in [-0.2, -0.15) is 0 Å². The first-order valence-electron chi connectivity index (χ1n) is 7.33. The first kappa shape index (κ1) is 14.6. The summed E-state index contributed by atoms with van der Waals surface area (Å²) in [5.41, 5.74) is 6.91. The molecule has 0 heterocycles. The summed E-state index contributed by atoms with van der Waals surface area (Å²) in [6.45, 7) is 12.5. The first-order valence-corrected chi connectivity index (χ1v) is 7.33. The Kier molecular flexibility index (Phi) is 4.44. The summed E-state index contributed by atoms with van der Waals surface area (Å²) in [6, 6.07) is 0. The molecule has 2 aliphatic rings. The summed E-state index contributed by atoms with van der Waals surface area (Å²) in [7, 11) is 0. The van der Waals surface area contributed by atoms with E-state index in [2.05, 4.69) is 76.8 Å². The van der Waals surface area contributed by atoms with Gasteiger partial charge >= 0.3 is 0 Å². The minimum absolute atomic E-state index is 0.469. The highest BCUT2D eigenvalue weighted by Gasteiger charge is 2.35. The van der Waals surface area contributed by atoms with E-state index in [1.807, 2.05) is 6.08 Å². The molecule has 20 heavy (non-hydrogen) atoms. The Labute approximate surface area is 123 Å². The van der Waals surface area contributed by atoms with Crippen molar-refractivity contribution in [3.05, 3.63) is 83.1 Å². The van der Waals surface area contributed by atoms with Gasteiger partial charge in [-0.25, -0.2) is 0 Å². The van der Waals surface area contributed by atoms with Crippen LogP contribution in [-0.4, -0.2) is 0 Å². The maximum Gasteiger partial charge on any atom is 0.0192 e. The van der Waals surface area contributed by atoms with E-state index >= 15 is 0 Å². The first-order chi connectivity index (χ1) is 9.63. The van der Waals surface area contributed by atoms with Crippen molar-refractivity contribution in [1.29, 1.82) is 0 Å². The second kappa shape index (κ2) is 6.09. The van der Waals surface area contributed by atoms with Crippen molar-refractivity contribution in [1.82, 2.24) is 0 Å². The van der Waals surface area contributed by atoms with Gasteiger partial charge in [0.25, 0.3) is 0 Å². The Morgan fingerprint density at radius 3 is 2.65 bits per heavy atom. The molecule has 2 unspecified atom stereocenters. The van der Waals surface area contributed by atoms with Crippen LogP contribution in [0.25, 0.3) is 0 Å². The molecule has 0 saturated carbocycles. The summed E-state index contributed by atoms with van der Waals surface area (Å²) in [5, 5.41) is 0. The predicted molar refractivity (Wildman–Crippen MR) is 89.4 cm³/mol. The molecule has 0 fully saturated rings. The van der Waals surface area contributed by atoms with Gasteiger partial charge in [0.1, 0.15) is 0 Å². The van der Waals surface area contributed by atoms with Crippen LogP contribution in [0.3, 0.4) is 0 Å². The smallest absolute Gasteiger partial charge is 0.0192 e. The van der Waals surface area contributed by atoms with Crippen LogP contribution < -0.4 is 0 Å². The Hall–Kier alpha value is -1.82. The molecule has 0 spiro atoms.